The second-order valence-corrected chi connectivity index (χ2v) is 23.7. The molecule has 28 heavy (non-hydrogen) atoms. The molecule has 0 atom stereocenters. The van der Waals surface area contributed by atoms with Crippen LogP contribution in [0.4, 0.5) is 0 Å². The van der Waals surface area contributed by atoms with Crippen molar-refractivity contribution >= 4 is 30.9 Å². The van der Waals surface area contributed by atoms with Gasteiger partial charge < -0.3 is 9.07 Å². The summed E-state index contributed by atoms with van der Waals surface area (Å²) in [4.78, 5) is 0. The highest BCUT2D eigenvalue weighted by molar-refractivity contribution is 6.95. The summed E-state index contributed by atoms with van der Waals surface area (Å²) in [6.45, 7) is 16.5. The van der Waals surface area contributed by atoms with Gasteiger partial charge in [-0.05, 0) is 38.0 Å². The molecule has 0 saturated heterocycles. The second kappa shape index (κ2) is 9.17. The van der Waals surface area contributed by atoms with Gasteiger partial charge in [-0.2, -0.15) is 0 Å². The molecule has 2 rings (SSSR count). The van der Waals surface area contributed by atoms with Crippen LogP contribution in [0.5, 0.6) is 0 Å². The first-order valence-electron chi connectivity index (χ1n) is 10.7. The van der Waals surface area contributed by atoms with E-state index in [1.54, 1.807) is 0 Å². The largest absolute Gasteiger partial charge is 0.501 e. The Morgan fingerprint density at radius 1 is 0.929 bits per heavy atom. The van der Waals surface area contributed by atoms with Crippen molar-refractivity contribution < 1.29 is 4.43 Å². The molecule has 0 aliphatic heterocycles. The van der Waals surface area contributed by atoms with Crippen LogP contribution in [-0.2, 0) is 4.43 Å². The molecule has 0 amide bonds. The van der Waals surface area contributed by atoms with Crippen molar-refractivity contribution in [2.24, 2.45) is 0 Å². The van der Waals surface area contributed by atoms with Crippen LogP contribution in [0.25, 0.3) is 6.08 Å². The van der Waals surface area contributed by atoms with Crippen LogP contribution in [0.15, 0.2) is 36.0 Å². The van der Waals surface area contributed by atoms with Gasteiger partial charge in [0.25, 0.3) is 8.32 Å². The van der Waals surface area contributed by atoms with Crippen LogP contribution >= 0.6 is 0 Å². The lowest BCUT2D eigenvalue weighted by Crippen LogP contribution is -2.64. The highest BCUT2D eigenvalue weighted by atomic mass is 28.4. The van der Waals surface area contributed by atoms with Crippen molar-refractivity contribution in [3.8, 4) is 12.0 Å². The summed E-state index contributed by atoms with van der Waals surface area (Å²) in [7, 11) is -5.11. The molecular formula is C23H39NOSi3. The minimum absolute atomic E-state index is 0.121. The molecule has 154 valence electrons. The molecule has 1 aliphatic carbocycles. The van der Waals surface area contributed by atoms with E-state index in [4.69, 9.17) is 4.43 Å². The van der Waals surface area contributed by atoms with E-state index in [-0.39, 0.29) is 5.04 Å². The molecule has 1 aromatic rings. The molecule has 1 fully saturated rings. The summed E-state index contributed by atoms with van der Waals surface area (Å²) in [6, 6.07) is 10.6. The fourth-order valence-electron chi connectivity index (χ4n) is 4.17. The summed E-state index contributed by atoms with van der Waals surface area (Å²) in [5, 5.41) is 0.121. The Morgan fingerprint density at radius 2 is 1.54 bits per heavy atom. The number of benzene rings is 1. The highest BCUT2D eigenvalue weighted by Crippen LogP contribution is 2.49. The molecule has 5 heteroatoms. The molecule has 0 radical (unpaired) electrons. The molecular weight excluding hydrogens is 391 g/mol. The van der Waals surface area contributed by atoms with Crippen molar-refractivity contribution in [3.63, 3.8) is 0 Å². The number of nitrogens with one attached hydrogen (secondary N) is 1. The van der Waals surface area contributed by atoms with Crippen LogP contribution in [0.3, 0.4) is 0 Å². The van der Waals surface area contributed by atoms with E-state index in [0.29, 0.717) is 0 Å². The SMILES string of the molecule is C[Si](C)(/C=C/c1ccccc1)N[Si](C)(C)C1(C#CO[Si](C)(C)C)CCCCC1. The minimum atomic E-state index is -1.80. The highest BCUT2D eigenvalue weighted by Gasteiger charge is 2.48. The average Bonchev–Trinajstić information content (AvgIpc) is 2.60. The molecule has 1 N–H and O–H groups in total. The molecule has 0 unspecified atom stereocenters. The first-order valence-corrected chi connectivity index (χ1v) is 20.2. The average molecular weight is 430 g/mol. The van der Waals surface area contributed by atoms with Crippen LogP contribution in [-0.4, -0.2) is 24.8 Å². The Morgan fingerprint density at radius 3 is 2.11 bits per heavy atom. The molecule has 0 aromatic heterocycles. The van der Waals surface area contributed by atoms with Gasteiger partial charge in [0.1, 0.15) is 16.5 Å². The van der Waals surface area contributed by atoms with E-state index in [2.05, 4.69) is 105 Å². The van der Waals surface area contributed by atoms with E-state index in [1.165, 1.54) is 37.7 Å². The van der Waals surface area contributed by atoms with Crippen molar-refractivity contribution in [1.82, 2.24) is 4.65 Å². The van der Waals surface area contributed by atoms with Gasteiger partial charge in [0, 0.05) is 5.04 Å². The Balaban J connectivity index is 2.22. The summed E-state index contributed by atoms with van der Waals surface area (Å²) >= 11 is 0. The summed E-state index contributed by atoms with van der Waals surface area (Å²) in [5.74, 6) is 3.69. The Labute approximate surface area is 176 Å². The maximum Gasteiger partial charge on any atom is 0.255 e. The Bertz CT molecular complexity index is 718. The second-order valence-electron chi connectivity index (χ2n) is 10.3. The fourth-order valence-corrected chi connectivity index (χ4v) is 14.8. The third-order valence-corrected chi connectivity index (χ3v) is 15.5. The monoisotopic (exact) mass is 429 g/mol. The predicted octanol–water partition coefficient (Wildman–Crippen LogP) is 6.76. The van der Waals surface area contributed by atoms with Gasteiger partial charge in [-0.1, -0.05) is 93.5 Å². The molecule has 2 nitrogen and oxygen atoms in total. The zero-order chi connectivity index (χ0) is 20.9. The van der Waals surface area contributed by atoms with Gasteiger partial charge in [-0.15, -0.1) is 0 Å². The standard InChI is InChI=1S/C23H39NOSi3/c1-26(2,3)25-20-19-23(17-12-9-13-18-23)28(6,7)24-27(4,5)21-16-22-14-10-8-11-15-22/h8,10-11,14-16,21,24H,9,12-13,17-18H2,1-7H3/b21-16+. The quantitative estimate of drug-likeness (QED) is 0.398. The molecule has 1 aliphatic rings. The van der Waals surface area contributed by atoms with E-state index in [1.807, 2.05) is 0 Å². The number of hydrogen-bond acceptors (Lipinski definition) is 2. The van der Waals surface area contributed by atoms with E-state index >= 15 is 0 Å². The normalized spacial score (nSPS) is 17.8. The van der Waals surface area contributed by atoms with Crippen LogP contribution in [0.1, 0.15) is 37.7 Å². The minimum Gasteiger partial charge on any atom is -0.501 e. The fraction of sp³-hybridized carbons (Fsp3) is 0.565. The van der Waals surface area contributed by atoms with Crippen LogP contribution in [0, 0.1) is 12.0 Å². The van der Waals surface area contributed by atoms with Crippen molar-refractivity contribution in [3.05, 3.63) is 41.6 Å². The van der Waals surface area contributed by atoms with Crippen molar-refractivity contribution in [2.75, 3.05) is 0 Å². The number of rotatable bonds is 6. The first kappa shape index (κ1) is 23.2. The summed E-state index contributed by atoms with van der Waals surface area (Å²) in [5.41, 5.74) is 3.72. The van der Waals surface area contributed by atoms with Crippen molar-refractivity contribution in [1.29, 1.82) is 0 Å². The maximum atomic E-state index is 5.96. The van der Waals surface area contributed by atoms with Gasteiger partial charge in [0.05, 0.1) is 6.11 Å². The van der Waals surface area contributed by atoms with Crippen molar-refractivity contribution in [2.45, 2.75) is 83.0 Å². The lowest BCUT2D eigenvalue weighted by atomic mass is 9.89. The molecule has 1 aromatic carbocycles. The predicted molar refractivity (Wildman–Crippen MR) is 132 cm³/mol. The maximum absolute atomic E-state index is 5.96. The zero-order valence-corrected chi connectivity index (χ0v) is 22.0. The van der Waals surface area contributed by atoms with Gasteiger partial charge in [0.15, 0.2) is 0 Å². The van der Waals surface area contributed by atoms with Gasteiger partial charge in [-0.25, -0.2) is 0 Å². The molecule has 1 saturated carbocycles. The van der Waals surface area contributed by atoms with Gasteiger partial charge in [-0.3, -0.25) is 0 Å². The van der Waals surface area contributed by atoms with Crippen LogP contribution in [0.2, 0.25) is 50.9 Å². The first-order chi connectivity index (χ1) is 12.9. The summed E-state index contributed by atoms with van der Waals surface area (Å²) in [6.07, 6.45) is 11.8. The lowest BCUT2D eigenvalue weighted by Gasteiger charge is -2.47. The lowest BCUT2D eigenvalue weighted by molar-refractivity contribution is 0.425. The molecule has 0 heterocycles. The van der Waals surface area contributed by atoms with Crippen LogP contribution < -0.4 is 4.65 Å². The smallest absolute Gasteiger partial charge is 0.255 e. The summed E-state index contributed by atoms with van der Waals surface area (Å²) < 4.78 is 10.2. The Hall–Kier alpha value is -1.07. The molecule has 0 spiro atoms. The van der Waals surface area contributed by atoms with E-state index in [0.717, 1.165) is 0 Å². The topological polar surface area (TPSA) is 21.3 Å². The van der Waals surface area contributed by atoms with E-state index in [9.17, 15) is 0 Å². The number of hydrogen-bond donors (Lipinski definition) is 1. The van der Waals surface area contributed by atoms with Gasteiger partial charge in [0.2, 0.25) is 0 Å². The molecule has 0 bridgehead atoms. The van der Waals surface area contributed by atoms with Gasteiger partial charge >= 0.3 is 0 Å². The zero-order valence-electron chi connectivity index (χ0n) is 19.0. The Kier molecular flexibility index (Phi) is 7.60. The third kappa shape index (κ3) is 6.77. The van der Waals surface area contributed by atoms with E-state index < -0.39 is 24.8 Å². The third-order valence-electron chi connectivity index (χ3n) is 5.68.